The van der Waals surface area contributed by atoms with Crippen LogP contribution in [-0.4, -0.2) is 51.5 Å². The number of hydrogen-bond donors (Lipinski definition) is 1. The molecular weight excluding hydrogens is 302 g/mol. The molecule has 3 rings (SSSR count). The molecule has 1 amide bonds. The van der Waals surface area contributed by atoms with Gasteiger partial charge in [0.15, 0.2) is 5.69 Å². The summed E-state index contributed by atoms with van der Waals surface area (Å²) >= 11 is 6.01. The Balaban J connectivity index is 1.91. The van der Waals surface area contributed by atoms with Gasteiger partial charge >= 0.3 is 0 Å². The van der Waals surface area contributed by atoms with Crippen LogP contribution in [0, 0.1) is 6.92 Å². The molecule has 2 heterocycles. The minimum absolute atomic E-state index is 0.0696. The molecule has 7 heteroatoms. The zero-order valence-electron chi connectivity index (χ0n) is 12.6. The predicted octanol–water partition coefficient (Wildman–Crippen LogP) is 1.66. The Bertz CT molecular complexity index is 699. The van der Waals surface area contributed by atoms with E-state index in [1.807, 2.05) is 30.9 Å². The summed E-state index contributed by atoms with van der Waals surface area (Å²) in [6.07, 6.45) is 0. The van der Waals surface area contributed by atoms with Crippen LogP contribution in [0.4, 0.5) is 0 Å². The standard InChI is InChI=1S/C15H18ClN5O/c1-10-9-17-6-7-20(10)15(22)14-11(2)21(19-18-14)13-5-3-4-12(16)8-13/h3-5,8,10,17H,6-7,9H2,1-2H3. The number of aromatic nitrogens is 3. The normalized spacial score (nSPS) is 18.5. The molecule has 1 N–H and O–H groups in total. The highest BCUT2D eigenvalue weighted by Crippen LogP contribution is 2.18. The summed E-state index contributed by atoms with van der Waals surface area (Å²) in [5.41, 5.74) is 1.91. The fourth-order valence-electron chi connectivity index (χ4n) is 2.66. The molecule has 116 valence electrons. The molecule has 1 aliphatic rings. The van der Waals surface area contributed by atoms with Crippen molar-refractivity contribution in [3.05, 3.63) is 40.7 Å². The molecule has 1 fully saturated rings. The van der Waals surface area contributed by atoms with E-state index in [2.05, 4.69) is 15.6 Å². The van der Waals surface area contributed by atoms with Crippen molar-refractivity contribution in [1.82, 2.24) is 25.2 Å². The quantitative estimate of drug-likeness (QED) is 0.914. The highest BCUT2D eigenvalue weighted by atomic mass is 35.5. The van der Waals surface area contributed by atoms with E-state index in [0.717, 1.165) is 24.5 Å². The molecule has 2 aromatic rings. The van der Waals surface area contributed by atoms with Gasteiger partial charge in [0.25, 0.3) is 5.91 Å². The van der Waals surface area contributed by atoms with E-state index in [9.17, 15) is 4.79 Å². The Kier molecular flexibility index (Phi) is 4.13. The molecule has 1 aromatic carbocycles. The first-order valence-corrected chi connectivity index (χ1v) is 7.65. The molecule has 0 bridgehead atoms. The number of nitrogens with zero attached hydrogens (tertiary/aromatic N) is 4. The third-order valence-electron chi connectivity index (χ3n) is 3.91. The second-order valence-electron chi connectivity index (χ2n) is 5.47. The topological polar surface area (TPSA) is 63.1 Å². The molecule has 6 nitrogen and oxygen atoms in total. The first-order chi connectivity index (χ1) is 10.6. The maximum absolute atomic E-state index is 12.7. The molecule has 1 saturated heterocycles. The zero-order valence-corrected chi connectivity index (χ0v) is 13.3. The van der Waals surface area contributed by atoms with E-state index in [1.165, 1.54) is 0 Å². The molecule has 1 unspecified atom stereocenters. The molecule has 0 saturated carbocycles. The Morgan fingerprint density at radius 2 is 2.27 bits per heavy atom. The van der Waals surface area contributed by atoms with Crippen LogP contribution in [-0.2, 0) is 0 Å². The summed E-state index contributed by atoms with van der Waals surface area (Å²) < 4.78 is 1.64. The average Bonchev–Trinajstić information content (AvgIpc) is 2.89. The van der Waals surface area contributed by atoms with Gasteiger partial charge in [0, 0.05) is 30.7 Å². The van der Waals surface area contributed by atoms with Gasteiger partial charge in [-0.3, -0.25) is 4.79 Å². The number of halogens is 1. The van der Waals surface area contributed by atoms with Crippen LogP contribution in [0.15, 0.2) is 24.3 Å². The van der Waals surface area contributed by atoms with Crippen LogP contribution in [0.3, 0.4) is 0 Å². The zero-order chi connectivity index (χ0) is 15.7. The van der Waals surface area contributed by atoms with Crippen molar-refractivity contribution in [3.63, 3.8) is 0 Å². The van der Waals surface area contributed by atoms with Crippen LogP contribution < -0.4 is 5.32 Å². The molecule has 0 spiro atoms. The third kappa shape index (κ3) is 2.71. The van der Waals surface area contributed by atoms with Crippen LogP contribution in [0.1, 0.15) is 23.1 Å². The number of carbonyl (C=O) groups is 1. The van der Waals surface area contributed by atoms with Crippen molar-refractivity contribution in [2.75, 3.05) is 19.6 Å². The van der Waals surface area contributed by atoms with E-state index < -0.39 is 0 Å². The average molecular weight is 320 g/mol. The molecular formula is C15H18ClN5O. The third-order valence-corrected chi connectivity index (χ3v) is 4.15. The number of rotatable bonds is 2. The second-order valence-corrected chi connectivity index (χ2v) is 5.90. The van der Waals surface area contributed by atoms with Crippen LogP contribution in [0.25, 0.3) is 5.69 Å². The summed E-state index contributed by atoms with van der Waals surface area (Å²) in [7, 11) is 0. The van der Waals surface area contributed by atoms with Crippen molar-refractivity contribution in [2.24, 2.45) is 0 Å². The van der Waals surface area contributed by atoms with E-state index in [1.54, 1.807) is 16.8 Å². The molecule has 0 aliphatic carbocycles. The van der Waals surface area contributed by atoms with Crippen molar-refractivity contribution >= 4 is 17.5 Å². The van der Waals surface area contributed by atoms with Gasteiger partial charge in [0.1, 0.15) is 0 Å². The number of piperazine rings is 1. The summed E-state index contributed by atoms with van der Waals surface area (Å²) in [6.45, 7) is 6.16. The lowest BCUT2D eigenvalue weighted by molar-refractivity contribution is 0.0649. The van der Waals surface area contributed by atoms with Crippen molar-refractivity contribution in [3.8, 4) is 5.69 Å². The van der Waals surface area contributed by atoms with Gasteiger partial charge in [-0.15, -0.1) is 5.10 Å². The first-order valence-electron chi connectivity index (χ1n) is 7.28. The van der Waals surface area contributed by atoms with Gasteiger partial charge in [-0.05, 0) is 32.0 Å². The van der Waals surface area contributed by atoms with Crippen LogP contribution in [0.5, 0.6) is 0 Å². The molecule has 1 aromatic heterocycles. The van der Waals surface area contributed by atoms with E-state index in [0.29, 0.717) is 17.3 Å². The fraction of sp³-hybridized carbons (Fsp3) is 0.400. The minimum Gasteiger partial charge on any atom is -0.332 e. The number of benzene rings is 1. The van der Waals surface area contributed by atoms with Gasteiger partial charge in [0.2, 0.25) is 0 Å². The molecule has 1 atom stereocenters. The Hall–Kier alpha value is -1.92. The Labute approximate surface area is 134 Å². The van der Waals surface area contributed by atoms with Crippen LogP contribution in [0.2, 0.25) is 5.02 Å². The SMILES string of the molecule is Cc1c(C(=O)N2CCNCC2C)nnn1-c1cccc(Cl)c1. The largest absolute Gasteiger partial charge is 0.332 e. The lowest BCUT2D eigenvalue weighted by Gasteiger charge is -2.33. The predicted molar refractivity (Wildman–Crippen MR) is 84.5 cm³/mol. The Morgan fingerprint density at radius 3 is 3.00 bits per heavy atom. The summed E-state index contributed by atoms with van der Waals surface area (Å²) in [6, 6.07) is 7.47. The Morgan fingerprint density at radius 1 is 1.45 bits per heavy atom. The molecule has 1 aliphatic heterocycles. The first kappa shape index (κ1) is 15.0. The van der Waals surface area contributed by atoms with Crippen molar-refractivity contribution < 1.29 is 4.79 Å². The van der Waals surface area contributed by atoms with Gasteiger partial charge in [0.05, 0.1) is 11.4 Å². The maximum atomic E-state index is 12.7. The number of carbonyl (C=O) groups excluding carboxylic acids is 1. The number of nitrogens with one attached hydrogen (secondary N) is 1. The summed E-state index contributed by atoms with van der Waals surface area (Å²) in [5, 5.41) is 12.1. The smallest absolute Gasteiger partial charge is 0.276 e. The lowest BCUT2D eigenvalue weighted by atomic mass is 10.2. The van der Waals surface area contributed by atoms with Crippen molar-refractivity contribution in [1.29, 1.82) is 0 Å². The second kappa shape index (κ2) is 6.06. The molecule has 22 heavy (non-hydrogen) atoms. The van der Waals surface area contributed by atoms with Gasteiger partial charge in [-0.2, -0.15) is 0 Å². The fourth-order valence-corrected chi connectivity index (χ4v) is 2.84. The lowest BCUT2D eigenvalue weighted by Crippen LogP contribution is -2.52. The number of hydrogen-bond acceptors (Lipinski definition) is 4. The van der Waals surface area contributed by atoms with Crippen molar-refractivity contribution in [2.45, 2.75) is 19.9 Å². The van der Waals surface area contributed by atoms with Gasteiger partial charge in [-0.25, -0.2) is 4.68 Å². The number of amides is 1. The van der Waals surface area contributed by atoms with E-state index >= 15 is 0 Å². The monoisotopic (exact) mass is 319 g/mol. The van der Waals surface area contributed by atoms with Gasteiger partial charge < -0.3 is 10.2 Å². The molecule has 0 radical (unpaired) electrons. The maximum Gasteiger partial charge on any atom is 0.276 e. The van der Waals surface area contributed by atoms with Gasteiger partial charge in [-0.1, -0.05) is 22.9 Å². The summed E-state index contributed by atoms with van der Waals surface area (Å²) in [4.78, 5) is 14.5. The summed E-state index contributed by atoms with van der Waals surface area (Å²) in [5.74, 6) is -0.0696. The highest BCUT2D eigenvalue weighted by molar-refractivity contribution is 6.30. The van der Waals surface area contributed by atoms with Crippen LogP contribution >= 0.6 is 11.6 Å². The minimum atomic E-state index is -0.0696. The highest BCUT2D eigenvalue weighted by Gasteiger charge is 2.28. The van der Waals surface area contributed by atoms with E-state index in [-0.39, 0.29) is 11.9 Å². The van der Waals surface area contributed by atoms with E-state index in [4.69, 9.17) is 11.6 Å².